The Labute approximate surface area is 225 Å². The summed E-state index contributed by atoms with van der Waals surface area (Å²) in [5.74, 6) is -1.73. The van der Waals surface area contributed by atoms with Crippen molar-refractivity contribution < 1.29 is 33.2 Å². The van der Waals surface area contributed by atoms with Crippen LogP contribution in [-0.2, 0) is 15.4 Å². The van der Waals surface area contributed by atoms with Crippen LogP contribution < -0.4 is 14.2 Å². The Kier molecular flexibility index (Phi) is 7.83. The number of phenolic OH excluding ortho intramolecular Hbond substituents is 2. The number of nitrogens with one attached hydrogen (secondary N) is 1. The molecule has 0 bridgehead atoms. The highest BCUT2D eigenvalue weighted by Gasteiger charge is 2.26. The number of nitrogens with zero attached hydrogens (tertiary/aromatic N) is 4. The van der Waals surface area contributed by atoms with Crippen molar-refractivity contribution >= 4 is 15.8 Å². The van der Waals surface area contributed by atoms with E-state index in [1.54, 1.807) is 18.2 Å². The Morgan fingerprint density at radius 2 is 1.64 bits per heavy atom. The van der Waals surface area contributed by atoms with Crippen LogP contribution in [0.15, 0.2) is 65.8 Å². The van der Waals surface area contributed by atoms with Crippen LogP contribution in [-0.4, -0.2) is 56.9 Å². The molecule has 0 fully saturated rings. The predicted molar refractivity (Wildman–Crippen MR) is 141 cm³/mol. The van der Waals surface area contributed by atoms with Gasteiger partial charge in [0.25, 0.3) is 15.9 Å². The summed E-state index contributed by atoms with van der Waals surface area (Å²) >= 11 is 0. The SMILES string of the molecule is CC(C)(C)c1ccc(S(=O)(=O)Nc2nc(-c3ncccn3)nc(OCCO)c2Oc2ccc(O)cc2O)cc1. The van der Waals surface area contributed by atoms with Crippen LogP contribution in [0.5, 0.6) is 28.9 Å². The second-order valence-electron chi connectivity index (χ2n) is 9.31. The maximum absolute atomic E-state index is 13.4. The smallest absolute Gasteiger partial charge is 0.263 e. The van der Waals surface area contributed by atoms with Gasteiger partial charge in [0.15, 0.2) is 23.1 Å². The van der Waals surface area contributed by atoms with Gasteiger partial charge >= 0.3 is 0 Å². The molecule has 2 heterocycles. The van der Waals surface area contributed by atoms with E-state index in [9.17, 15) is 23.7 Å². The number of rotatable bonds is 9. The minimum atomic E-state index is -4.21. The molecule has 2 aromatic carbocycles. The standard InChI is InChI=1S/C26H27N5O7S/c1-26(2,3)16-5-8-18(9-6-16)39(35,36)31-22-21(38-20-10-7-17(33)15-19(20)34)25(37-14-13-32)30-24(29-22)23-27-11-4-12-28-23/h4-12,15,32-34H,13-14H2,1-3H3,(H,29,30,31). The number of hydrogen-bond donors (Lipinski definition) is 4. The van der Waals surface area contributed by atoms with Gasteiger partial charge in [0.1, 0.15) is 12.4 Å². The van der Waals surface area contributed by atoms with Crippen molar-refractivity contribution in [2.45, 2.75) is 31.1 Å². The van der Waals surface area contributed by atoms with Crippen LogP contribution in [0.2, 0.25) is 0 Å². The minimum Gasteiger partial charge on any atom is -0.508 e. The first kappa shape index (κ1) is 27.5. The first-order chi connectivity index (χ1) is 18.5. The molecule has 4 aromatic rings. The van der Waals surface area contributed by atoms with E-state index >= 15 is 0 Å². The van der Waals surface area contributed by atoms with E-state index in [0.717, 1.165) is 11.6 Å². The molecule has 39 heavy (non-hydrogen) atoms. The Morgan fingerprint density at radius 3 is 2.26 bits per heavy atom. The van der Waals surface area contributed by atoms with Gasteiger partial charge in [-0.3, -0.25) is 4.72 Å². The zero-order valence-electron chi connectivity index (χ0n) is 21.4. The number of ether oxygens (including phenoxy) is 2. The maximum atomic E-state index is 13.4. The summed E-state index contributed by atoms with van der Waals surface area (Å²) in [5, 5.41) is 29.3. The average Bonchev–Trinajstić information content (AvgIpc) is 2.90. The van der Waals surface area contributed by atoms with E-state index in [2.05, 4.69) is 24.7 Å². The van der Waals surface area contributed by atoms with Gasteiger partial charge in [-0.15, -0.1) is 0 Å². The molecule has 12 nitrogen and oxygen atoms in total. The summed E-state index contributed by atoms with van der Waals surface area (Å²) in [6.45, 7) is 5.44. The van der Waals surface area contributed by atoms with Gasteiger partial charge in [0.05, 0.1) is 11.5 Å². The lowest BCUT2D eigenvalue weighted by Gasteiger charge is -2.19. The number of aromatic nitrogens is 4. The Morgan fingerprint density at radius 1 is 0.949 bits per heavy atom. The molecule has 0 amide bonds. The van der Waals surface area contributed by atoms with E-state index in [-0.39, 0.29) is 64.1 Å². The normalized spacial score (nSPS) is 11.7. The fraction of sp³-hybridized carbons (Fsp3) is 0.231. The van der Waals surface area contributed by atoms with E-state index < -0.39 is 15.8 Å². The second kappa shape index (κ2) is 11.1. The Hall–Kier alpha value is -4.49. The summed E-state index contributed by atoms with van der Waals surface area (Å²) in [6, 6.07) is 11.5. The number of benzene rings is 2. The van der Waals surface area contributed by atoms with E-state index in [1.165, 1.54) is 36.7 Å². The van der Waals surface area contributed by atoms with Crippen LogP contribution >= 0.6 is 0 Å². The van der Waals surface area contributed by atoms with Crippen molar-refractivity contribution in [1.82, 2.24) is 19.9 Å². The van der Waals surface area contributed by atoms with Crippen molar-refractivity contribution in [2.24, 2.45) is 0 Å². The van der Waals surface area contributed by atoms with Gasteiger partial charge in [0, 0.05) is 18.5 Å². The monoisotopic (exact) mass is 553 g/mol. The predicted octanol–water partition coefficient (Wildman–Crippen LogP) is 3.61. The summed E-state index contributed by atoms with van der Waals surface area (Å²) < 4.78 is 40.6. The fourth-order valence-corrected chi connectivity index (χ4v) is 4.37. The van der Waals surface area contributed by atoms with Crippen molar-refractivity contribution in [3.05, 3.63) is 66.5 Å². The molecule has 0 aliphatic heterocycles. The Balaban J connectivity index is 1.85. The highest BCUT2D eigenvalue weighted by atomic mass is 32.2. The molecular formula is C26H27N5O7S. The van der Waals surface area contributed by atoms with Crippen LogP contribution in [0.1, 0.15) is 26.3 Å². The molecule has 13 heteroatoms. The van der Waals surface area contributed by atoms with Gasteiger partial charge in [0.2, 0.25) is 11.6 Å². The zero-order chi connectivity index (χ0) is 28.2. The molecule has 0 saturated carbocycles. The lowest BCUT2D eigenvalue weighted by molar-refractivity contribution is 0.192. The molecule has 0 radical (unpaired) electrons. The van der Waals surface area contributed by atoms with Crippen molar-refractivity contribution in [3.8, 4) is 40.5 Å². The number of aromatic hydroxyl groups is 2. The molecule has 2 aromatic heterocycles. The molecule has 4 N–H and O–H groups in total. The van der Waals surface area contributed by atoms with Crippen LogP contribution in [0.3, 0.4) is 0 Å². The number of hydrogen-bond acceptors (Lipinski definition) is 11. The third kappa shape index (κ3) is 6.51. The summed E-state index contributed by atoms with van der Waals surface area (Å²) in [7, 11) is -4.21. The van der Waals surface area contributed by atoms with E-state index in [1.807, 2.05) is 20.8 Å². The average molecular weight is 554 g/mol. The van der Waals surface area contributed by atoms with Gasteiger partial charge < -0.3 is 24.8 Å². The number of phenols is 2. The van der Waals surface area contributed by atoms with Crippen molar-refractivity contribution in [1.29, 1.82) is 0 Å². The molecule has 0 atom stereocenters. The van der Waals surface area contributed by atoms with Gasteiger partial charge in [-0.2, -0.15) is 4.98 Å². The molecule has 0 aliphatic rings. The van der Waals surface area contributed by atoms with Crippen LogP contribution in [0, 0.1) is 0 Å². The highest BCUT2D eigenvalue weighted by molar-refractivity contribution is 7.92. The molecule has 0 unspecified atom stereocenters. The molecule has 0 saturated heterocycles. The first-order valence-corrected chi connectivity index (χ1v) is 13.2. The highest BCUT2D eigenvalue weighted by Crippen LogP contribution is 2.42. The summed E-state index contributed by atoms with van der Waals surface area (Å²) in [4.78, 5) is 16.7. The number of sulfonamides is 1. The zero-order valence-corrected chi connectivity index (χ0v) is 22.2. The summed E-state index contributed by atoms with van der Waals surface area (Å²) in [5.41, 5.74) is 0.762. The minimum absolute atomic E-state index is 0.0390. The molecule has 0 spiro atoms. The van der Waals surface area contributed by atoms with Crippen LogP contribution in [0.25, 0.3) is 11.6 Å². The fourth-order valence-electron chi connectivity index (χ4n) is 3.37. The van der Waals surface area contributed by atoms with Crippen molar-refractivity contribution in [3.63, 3.8) is 0 Å². The van der Waals surface area contributed by atoms with E-state index in [4.69, 9.17) is 9.47 Å². The number of aliphatic hydroxyl groups excluding tert-OH is 1. The summed E-state index contributed by atoms with van der Waals surface area (Å²) in [6.07, 6.45) is 2.92. The number of anilines is 1. The second-order valence-corrected chi connectivity index (χ2v) is 11.0. The lowest BCUT2D eigenvalue weighted by atomic mass is 9.87. The molecule has 204 valence electrons. The van der Waals surface area contributed by atoms with E-state index in [0.29, 0.717) is 0 Å². The lowest BCUT2D eigenvalue weighted by Crippen LogP contribution is -2.17. The topological polar surface area (TPSA) is 177 Å². The quantitative estimate of drug-likeness (QED) is 0.238. The maximum Gasteiger partial charge on any atom is 0.263 e. The Bertz CT molecular complexity index is 1560. The number of aliphatic hydroxyl groups is 1. The van der Waals surface area contributed by atoms with Crippen molar-refractivity contribution in [2.75, 3.05) is 17.9 Å². The van der Waals surface area contributed by atoms with Gasteiger partial charge in [-0.05, 0) is 41.3 Å². The third-order valence-corrected chi connectivity index (χ3v) is 6.70. The molecule has 4 rings (SSSR count). The largest absolute Gasteiger partial charge is 0.508 e. The molecular weight excluding hydrogens is 526 g/mol. The molecule has 0 aliphatic carbocycles. The first-order valence-electron chi connectivity index (χ1n) is 11.7. The third-order valence-electron chi connectivity index (χ3n) is 5.35. The van der Waals surface area contributed by atoms with Crippen LogP contribution in [0.4, 0.5) is 5.82 Å². The van der Waals surface area contributed by atoms with Gasteiger partial charge in [-0.1, -0.05) is 32.9 Å². The van der Waals surface area contributed by atoms with Gasteiger partial charge in [-0.25, -0.2) is 23.4 Å².